The van der Waals surface area contributed by atoms with Gasteiger partial charge in [0.15, 0.2) is 6.29 Å². The van der Waals surface area contributed by atoms with E-state index in [4.69, 9.17) is 9.47 Å². The number of benzene rings is 1. The molecule has 3 rings (SSSR count). The Hall–Kier alpha value is -1.83. The number of anilines is 2. The molecule has 30 heavy (non-hydrogen) atoms. The average Bonchev–Trinajstić information content (AvgIpc) is 3.33. The summed E-state index contributed by atoms with van der Waals surface area (Å²) in [6, 6.07) is 7.91. The normalized spacial score (nSPS) is 20.2. The van der Waals surface area contributed by atoms with Crippen molar-refractivity contribution in [2.45, 2.75) is 46.3 Å². The number of likely N-dealkylation sites (N-methyl/N-ethyl adjacent to an activating group) is 1. The third-order valence-electron chi connectivity index (χ3n) is 6.52. The molecule has 0 radical (unpaired) electrons. The Morgan fingerprint density at radius 3 is 2.50 bits per heavy atom. The van der Waals surface area contributed by atoms with E-state index in [0.717, 1.165) is 63.4 Å². The van der Waals surface area contributed by atoms with Crippen molar-refractivity contribution in [1.82, 2.24) is 10.2 Å². The fourth-order valence-corrected chi connectivity index (χ4v) is 4.24. The Kier molecular flexibility index (Phi) is 8.36. The number of urea groups is 1. The number of nitrogens with one attached hydrogen (secondary N) is 2. The maximum atomic E-state index is 12.5. The van der Waals surface area contributed by atoms with E-state index in [1.807, 2.05) is 18.2 Å². The Balaban J connectivity index is 1.46. The molecule has 0 aliphatic carbocycles. The standard InChI is InChI=1S/C23H38N4O3/c1-4-23(3,21-29-17-18-30-21)11-8-12-24-22(28)25-19-9-6-7-10-20(19)27-15-13-26(5-2)14-16-27/h6-7,9-10,21H,4-5,8,11-18H2,1-3H3,(H2,24,25,28)/t23-/m0/s1. The Labute approximate surface area is 181 Å². The second-order valence-corrected chi connectivity index (χ2v) is 8.50. The van der Waals surface area contributed by atoms with Gasteiger partial charge in [-0.25, -0.2) is 4.79 Å². The fraction of sp³-hybridized carbons (Fsp3) is 0.696. The molecule has 7 nitrogen and oxygen atoms in total. The maximum Gasteiger partial charge on any atom is 0.319 e. The molecule has 1 atom stereocenters. The number of amides is 2. The van der Waals surface area contributed by atoms with Crippen LogP contribution in [-0.2, 0) is 9.47 Å². The number of ether oxygens (including phenoxy) is 2. The summed E-state index contributed by atoms with van der Waals surface area (Å²) >= 11 is 0. The molecule has 1 aromatic rings. The molecule has 2 N–H and O–H groups in total. The zero-order valence-corrected chi connectivity index (χ0v) is 18.8. The summed E-state index contributed by atoms with van der Waals surface area (Å²) in [5.41, 5.74) is 1.95. The molecule has 0 spiro atoms. The minimum absolute atomic E-state index is 0.0120. The molecule has 2 fully saturated rings. The highest BCUT2D eigenvalue weighted by molar-refractivity contribution is 5.93. The quantitative estimate of drug-likeness (QED) is 0.601. The Morgan fingerprint density at radius 2 is 1.83 bits per heavy atom. The highest BCUT2D eigenvalue weighted by Gasteiger charge is 2.36. The van der Waals surface area contributed by atoms with Crippen LogP contribution in [0.15, 0.2) is 24.3 Å². The van der Waals surface area contributed by atoms with Crippen molar-refractivity contribution < 1.29 is 14.3 Å². The highest BCUT2D eigenvalue weighted by atomic mass is 16.7. The second-order valence-electron chi connectivity index (χ2n) is 8.50. The van der Waals surface area contributed by atoms with Crippen molar-refractivity contribution in [3.63, 3.8) is 0 Å². The molecule has 2 aliphatic rings. The number of rotatable bonds is 9. The topological polar surface area (TPSA) is 66.1 Å². The first-order chi connectivity index (χ1) is 14.6. The molecule has 2 aliphatic heterocycles. The average molecular weight is 419 g/mol. The van der Waals surface area contributed by atoms with Crippen molar-refractivity contribution in [1.29, 1.82) is 0 Å². The third kappa shape index (κ3) is 5.86. The van der Waals surface area contributed by atoms with Crippen LogP contribution in [0.5, 0.6) is 0 Å². The maximum absolute atomic E-state index is 12.5. The van der Waals surface area contributed by atoms with Crippen LogP contribution in [0, 0.1) is 5.41 Å². The number of piperazine rings is 1. The summed E-state index contributed by atoms with van der Waals surface area (Å²) in [7, 11) is 0. The lowest BCUT2D eigenvalue weighted by molar-refractivity contribution is -0.131. The molecule has 0 aromatic heterocycles. The molecule has 2 heterocycles. The molecule has 0 bridgehead atoms. The summed E-state index contributed by atoms with van der Waals surface area (Å²) in [6.45, 7) is 13.7. The number of para-hydroxylation sites is 2. The minimum atomic E-state index is -0.152. The van der Waals surface area contributed by atoms with Crippen LogP contribution in [0.4, 0.5) is 16.2 Å². The van der Waals surface area contributed by atoms with Gasteiger partial charge in [-0.05, 0) is 37.9 Å². The molecule has 7 heteroatoms. The van der Waals surface area contributed by atoms with Crippen LogP contribution in [-0.4, -0.2) is 69.7 Å². The summed E-state index contributed by atoms with van der Waals surface area (Å²) in [5.74, 6) is 0. The van der Waals surface area contributed by atoms with Crippen molar-refractivity contribution in [2.24, 2.45) is 5.41 Å². The van der Waals surface area contributed by atoms with Crippen molar-refractivity contribution >= 4 is 17.4 Å². The summed E-state index contributed by atoms with van der Waals surface area (Å²) in [6.07, 6.45) is 2.70. The van der Waals surface area contributed by atoms with Crippen LogP contribution in [0.25, 0.3) is 0 Å². The zero-order valence-electron chi connectivity index (χ0n) is 18.8. The van der Waals surface area contributed by atoms with Gasteiger partial charge in [0.25, 0.3) is 0 Å². The largest absolute Gasteiger partial charge is 0.367 e. The monoisotopic (exact) mass is 418 g/mol. The van der Waals surface area contributed by atoms with Crippen LogP contribution < -0.4 is 15.5 Å². The summed E-state index contributed by atoms with van der Waals surface area (Å²) in [5, 5.41) is 6.05. The van der Waals surface area contributed by atoms with Crippen molar-refractivity contribution in [3.8, 4) is 0 Å². The number of nitrogens with zero attached hydrogens (tertiary/aromatic N) is 2. The van der Waals surface area contributed by atoms with E-state index in [0.29, 0.717) is 19.8 Å². The van der Waals surface area contributed by atoms with Crippen LogP contribution in [0.1, 0.15) is 40.0 Å². The van der Waals surface area contributed by atoms with Gasteiger partial charge >= 0.3 is 6.03 Å². The molecule has 0 saturated carbocycles. The summed E-state index contributed by atoms with van der Waals surface area (Å²) < 4.78 is 11.4. The predicted octanol–water partition coefficient (Wildman–Crippen LogP) is 3.52. The lowest BCUT2D eigenvalue weighted by Crippen LogP contribution is -2.46. The number of hydrogen-bond acceptors (Lipinski definition) is 5. The van der Waals surface area contributed by atoms with Gasteiger partial charge in [-0.2, -0.15) is 0 Å². The van der Waals surface area contributed by atoms with E-state index >= 15 is 0 Å². The predicted molar refractivity (Wildman–Crippen MR) is 121 cm³/mol. The van der Waals surface area contributed by atoms with Gasteiger partial charge in [-0.15, -0.1) is 0 Å². The Bertz CT molecular complexity index is 672. The molecular formula is C23H38N4O3. The number of hydrogen-bond donors (Lipinski definition) is 2. The van der Waals surface area contributed by atoms with Crippen molar-refractivity contribution in [2.75, 3.05) is 62.7 Å². The van der Waals surface area contributed by atoms with E-state index < -0.39 is 0 Å². The van der Waals surface area contributed by atoms with E-state index in [-0.39, 0.29) is 17.7 Å². The lowest BCUT2D eigenvalue weighted by atomic mass is 9.82. The minimum Gasteiger partial charge on any atom is -0.367 e. The fourth-order valence-electron chi connectivity index (χ4n) is 4.24. The SMILES string of the molecule is CCN1CCN(c2ccccc2NC(=O)NCCC[C@](C)(CC)C2OCCO2)CC1. The first-order valence-electron chi connectivity index (χ1n) is 11.4. The van der Waals surface area contributed by atoms with Crippen molar-refractivity contribution in [3.05, 3.63) is 24.3 Å². The van der Waals surface area contributed by atoms with E-state index in [1.165, 1.54) is 0 Å². The number of carbonyl (C=O) groups excluding carboxylic acids is 1. The van der Waals surface area contributed by atoms with E-state index in [9.17, 15) is 4.79 Å². The molecule has 2 saturated heterocycles. The van der Waals surface area contributed by atoms with Gasteiger partial charge in [0.1, 0.15) is 0 Å². The zero-order chi connectivity index (χ0) is 21.4. The number of carbonyl (C=O) groups is 1. The Morgan fingerprint density at radius 1 is 1.13 bits per heavy atom. The lowest BCUT2D eigenvalue weighted by Gasteiger charge is -2.36. The van der Waals surface area contributed by atoms with Gasteiger partial charge in [0.05, 0.1) is 24.6 Å². The first-order valence-corrected chi connectivity index (χ1v) is 11.4. The molecule has 2 amide bonds. The van der Waals surface area contributed by atoms with Gasteiger partial charge in [0, 0.05) is 38.1 Å². The molecular weight excluding hydrogens is 380 g/mol. The molecule has 0 unspecified atom stereocenters. The third-order valence-corrected chi connectivity index (χ3v) is 6.52. The van der Waals surface area contributed by atoms with Gasteiger partial charge < -0.3 is 29.9 Å². The summed E-state index contributed by atoms with van der Waals surface area (Å²) in [4.78, 5) is 17.3. The first kappa shape index (κ1) is 22.8. The van der Waals surface area contributed by atoms with Crippen LogP contribution in [0.3, 0.4) is 0 Å². The van der Waals surface area contributed by atoms with Gasteiger partial charge in [0.2, 0.25) is 0 Å². The van der Waals surface area contributed by atoms with Gasteiger partial charge in [-0.1, -0.05) is 32.9 Å². The molecule has 168 valence electrons. The van der Waals surface area contributed by atoms with E-state index in [1.54, 1.807) is 0 Å². The highest BCUT2D eigenvalue weighted by Crippen LogP contribution is 2.35. The molecule has 1 aromatic carbocycles. The van der Waals surface area contributed by atoms with Gasteiger partial charge in [-0.3, -0.25) is 0 Å². The smallest absolute Gasteiger partial charge is 0.319 e. The van der Waals surface area contributed by atoms with E-state index in [2.05, 4.69) is 47.3 Å². The second kappa shape index (κ2) is 11.0. The van der Waals surface area contributed by atoms with Crippen LogP contribution in [0.2, 0.25) is 0 Å². The van der Waals surface area contributed by atoms with Crippen LogP contribution >= 0.6 is 0 Å².